The van der Waals surface area contributed by atoms with E-state index < -0.39 is 0 Å². The summed E-state index contributed by atoms with van der Waals surface area (Å²) >= 11 is 0. The third-order valence-corrected chi connectivity index (χ3v) is 3.12. The smallest absolute Gasteiger partial charge is 0.195 e. The van der Waals surface area contributed by atoms with Crippen molar-refractivity contribution in [3.8, 4) is 5.75 Å². The summed E-state index contributed by atoms with van der Waals surface area (Å²) in [7, 11) is 0. The van der Waals surface area contributed by atoms with Crippen LogP contribution in [0.2, 0.25) is 0 Å². The molecule has 0 saturated heterocycles. The summed E-state index contributed by atoms with van der Waals surface area (Å²) in [5.41, 5.74) is 8.07. The molecule has 3 nitrogen and oxygen atoms in total. The molecule has 2 aromatic rings. The van der Waals surface area contributed by atoms with Crippen LogP contribution < -0.4 is 5.73 Å². The third-order valence-electron chi connectivity index (χ3n) is 3.12. The van der Waals surface area contributed by atoms with Gasteiger partial charge in [0.25, 0.3) is 0 Å². The fourth-order valence-corrected chi connectivity index (χ4v) is 2.02. The van der Waals surface area contributed by atoms with Crippen LogP contribution in [0.4, 0.5) is 5.69 Å². The van der Waals surface area contributed by atoms with Gasteiger partial charge < -0.3 is 10.8 Å². The molecule has 0 aromatic heterocycles. The maximum Gasteiger partial charge on any atom is 0.195 e. The molecule has 0 radical (unpaired) electrons. The number of anilines is 1. The number of rotatable bonds is 3. The summed E-state index contributed by atoms with van der Waals surface area (Å²) in [5.74, 6) is 0.244. The summed E-state index contributed by atoms with van der Waals surface area (Å²) in [6.45, 7) is 3.94. The molecule has 0 aliphatic carbocycles. The quantitative estimate of drug-likeness (QED) is 0.653. The number of nitrogen functional groups attached to an aromatic ring is 1. The van der Waals surface area contributed by atoms with Gasteiger partial charge in [-0.1, -0.05) is 26.0 Å². The third kappa shape index (κ3) is 2.60. The van der Waals surface area contributed by atoms with Crippen LogP contribution in [-0.4, -0.2) is 10.9 Å². The summed E-state index contributed by atoms with van der Waals surface area (Å²) in [6, 6.07) is 11.9. The zero-order valence-corrected chi connectivity index (χ0v) is 11.1. The van der Waals surface area contributed by atoms with Crippen molar-refractivity contribution in [2.75, 3.05) is 5.73 Å². The summed E-state index contributed by atoms with van der Waals surface area (Å²) in [6.07, 6.45) is 0. The average Bonchev–Trinajstić information content (AvgIpc) is 2.38. The van der Waals surface area contributed by atoms with Crippen LogP contribution in [0.3, 0.4) is 0 Å². The van der Waals surface area contributed by atoms with Crippen LogP contribution in [0, 0.1) is 0 Å². The predicted molar refractivity (Wildman–Crippen MR) is 76.5 cm³/mol. The van der Waals surface area contributed by atoms with Gasteiger partial charge in [0.1, 0.15) is 5.75 Å². The molecule has 2 rings (SSSR count). The van der Waals surface area contributed by atoms with E-state index in [1.807, 2.05) is 13.8 Å². The minimum Gasteiger partial charge on any atom is -0.508 e. The van der Waals surface area contributed by atoms with Gasteiger partial charge in [-0.3, -0.25) is 4.79 Å². The number of carbonyl (C=O) groups excluding carboxylic acids is 1. The largest absolute Gasteiger partial charge is 0.508 e. The number of nitrogens with two attached hydrogens (primary N) is 1. The Balaban J connectivity index is 2.46. The first-order valence-electron chi connectivity index (χ1n) is 6.23. The first kappa shape index (κ1) is 13.1. The molecular formula is C16H17NO2. The number of hydrogen-bond acceptors (Lipinski definition) is 3. The van der Waals surface area contributed by atoms with Gasteiger partial charge >= 0.3 is 0 Å². The highest BCUT2D eigenvalue weighted by molar-refractivity contribution is 6.12. The Kier molecular flexibility index (Phi) is 3.56. The number of phenolic OH excluding ortho intramolecular Hbond substituents is 1. The molecule has 3 heteroatoms. The van der Waals surface area contributed by atoms with Crippen molar-refractivity contribution in [2.45, 2.75) is 19.8 Å². The summed E-state index contributed by atoms with van der Waals surface area (Å²) in [4.78, 5) is 12.4. The van der Waals surface area contributed by atoms with Crippen molar-refractivity contribution >= 4 is 11.5 Å². The van der Waals surface area contributed by atoms with E-state index in [0.29, 0.717) is 16.8 Å². The van der Waals surface area contributed by atoms with Gasteiger partial charge in [-0.15, -0.1) is 0 Å². The minimum absolute atomic E-state index is 0.125. The highest BCUT2D eigenvalue weighted by atomic mass is 16.3. The first-order chi connectivity index (χ1) is 9.00. The molecular weight excluding hydrogens is 238 g/mol. The molecule has 0 atom stereocenters. The van der Waals surface area contributed by atoms with E-state index in [9.17, 15) is 9.90 Å². The maximum atomic E-state index is 12.4. The van der Waals surface area contributed by atoms with Gasteiger partial charge in [-0.2, -0.15) is 0 Å². The number of benzene rings is 2. The molecule has 98 valence electrons. The molecule has 0 spiro atoms. The number of para-hydroxylation sites is 1. The van der Waals surface area contributed by atoms with Crippen molar-refractivity contribution in [3.05, 3.63) is 59.2 Å². The molecule has 0 aliphatic rings. The molecule has 3 N–H and O–H groups in total. The monoisotopic (exact) mass is 255 g/mol. The Bertz CT molecular complexity index is 618. The topological polar surface area (TPSA) is 63.3 Å². The van der Waals surface area contributed by atoms with Crippen LogP contribution in [0.1, 0.15) is 41.3 Å². The standard InChI is InChI=1S/C16H17NO2/c1-10(2)13-9-11(7-8-15(13)18)16(19)12-5-3-4-6-14(12)17/h3-10,18H,17H2,1-2H3. The molecule has 0 saturated carbocycles. The van der Waals surface area contributed by atoms with Gasteiger partial charge in [0.15, 0.2) is 5.78 Å². The molecule has 19 heavy (non-hydrogen) atoms. The fourth-order valence-electron chi connectivity index (χ4n) is 2.02. The van der Waals surface area contributed by atoms with Crippen LogP contribution in [-0.2, 0) is 0 Å². The molecule has 0 heterocycles. The Hall–Kier alpha value is -2.29. The number of aromatic hydroxyl groups is 1. The number of hydrogen-bond donors (Lipinski definition) is 2. The number of ketones is 1. The lowest BCUT2D eigenvalue weighted by molar-refractivity contribution is 0.103. The van der Waals surface area contributed by atoms with Gasteiger partial charge in [0.05, 0.1) is 0 Å². The van der Waals surface area contributed by atoms with E-state index >= 15 is 0 Å². The summed E-state index contributed by atoms with van der Waals surface area (Å²) < 4.78 is 0. The van der Waals surface area contributed by atoms with Crippen molar-refractivity contribution in [2.24, 2.45) is 0 Å². The van der Waals surface area contributed by atoms with Crippen LogP contribution in [0.5, 0.6) is 5.75 Å². The average molecular weight is 255 g/mol. The first-order valence-corrected chi connectivity index (χ1v) is 6.23. The van der Waals surface area contributed by atoms with Gasteiger partial charge in [-0.05, 0) is 41.8 Å². The lowest BCUT2D eigenvalue weighted by Crippen LogP contribution is -2.06. The highest BCUT2D eigenvalue weighted by Gasteiger charge is 2.14. The zero-order chi connectivity index (χ0) is 14.0. The molecule has 0 fully saturated rings. The molecule has 2 aromatic carbocycles. The van der Waals surface area contributed by atoms with Crippen molar-refractivity contribution < 1.29 is 9.90 Å². The second-order valence-corrected chi connectivity index (χ2v) is 4.84. The van der Waals surface area contributed by atoms with Crippen LogP contribution in [0.25, 0.3) is 0 Å². The highest BCUT2D eigenvalue weighted by Crippen LogP contribution is 2.27. The normalized spacial score (nSPS) is 10.7. The van der Waals surface area contributed by atoms with E-state index in [2.05, 4.69) is 0 Å². The van der Waals surface area contributed by atoms with Crippen LogP contribution >= 0.6 is 0 Å². The Morgan fingerprint density at radius 1 is 1.16 bits per heavy atom. The Morgan fingerprint density at radius 3 is 2.47 bits per heavy atom. The second-order valence-electron chi connectivity index (χ2n) is 4.84. The molecule has 0 unspecified atom stereocenters. The van der Waals surface area contributed by atoms with Gasteiger partial charge in [0, 0.05) is 16.8 Å². The van der Waals surface area contributed by atoms with Gasteiger partial charge in [0.2, 0.25) is 0 Å². The van der Waals surface area contributed by atoms with E-state index in [1.165, 1.54) is 0 Å². The molecule has 0 aliphatic heterocycles. The maximum absolute atomic E-state index is 12.4. The van der Waals surface area contributed by atoms with E-state index in [-0.39, 0.29) is 17.5 Å². The van der Waals surface area contributed by atoms with E-state index in [0.717, 1.165) is 5.56 Å². The number of phenols is 1. The lowest BCUT2D eigenvalue weighted by Gasteiger charge is -2.11. The van der Waals surface area contributed by atoms with Crippen molar-refractivity contribution in [3.63, 3.8) is 0 Å². The molecule has 0 amide bonds. The SMILES string of the molecule is CC(C)c1cc(C(=O)c2ccccc2N)ccc1O. The fraction of sp³-hybridized carbons (Fsp3) is 0.188. The van der Waals surface area contributed by atoms with E-state index in [1.54, 1.807) is 42.5 Å². The van der Waals surface area contributed by atoms with Crippen LogP contribution in [0.15, 0.2) is 42.5 Å². The molecule has 0 bridgehead atoms. The summed E-state index contributed by atoms with van der Waals surface area (Å²) in [5, 5.41) is 9.78. The lowest BCUT2D eigenvalue weighted by atomic mass is 9.95. The Morgan fingerprint density at radius 2 is 1.84 bits per heavy atom. The minimum atomic E-state index is -0.125. The predicted octanol–water partition coefficient (Wildman–Crippen LogP) is 3.33. The Labute approximate surface area is 112 Å². The number of carbonyl (C=O) groups is 1. The zero-order valence-electron chi connectivity index (χ0n) is 11.1. The van der Waals surface area contributed by atoms with Crippen molar-refractivity contribution in [1.29, 1.82) is 0 Å². The van der Waals surface area contributed by atoms with Gasteiger partial charge in [-0.25, -0.2) is 0 Å². The van der Waals surface area contributed by atoms with Crippen molar-refractivity contribution in [1.82, 2.24) is 0 Å². The van der Waals surface area contributed by atoms with E-state index in [4.69, 9.17) is 5.73 Å². The second kappa shape index (κ2) is 5.14.